The largest absolute Gasteiger partial charge is 0.392 e. The third-order valence-electron chi connectivity index (χ3n) is 2.69. The topological polar surface area (TPSA) is 35.5 Å². The second-order valence-electron chi connectivity index (χ2n) is 4.05. The normalized spacial score (nSPS) is 27.5. The van der Waals surface area contributed by atoms with Crippen molar-refractivity contribution in [3.05, 3.63) is 0 Å². The molecule has 0 radical (unpaired) electrons. The summed E-state index contributed by atoms with van der Waals surface area (Å²) in [7, 11) is 2.00. The predicted octanol–water partition coefficient (Wildman–Crippen LogP) is 0.441. The van der Waals surface area contributed by atoms with Gasteiger partial charge in [0.15, 0.2) is 0 Å². The van der Waals surface area contributed by atoms with Gasteiger partial charge in [0, 0.05) is 19.1 Å². The van der Waals surface area contributed by atoms with Crippen molar-refractivity contribution in [3.8, 4) is 0 Å². The fraction of sp³-hybridized carbons (Fsp3) is 1.00. The summed E-state index contributed by atoms with van der Waals surface area (Å²) in [6, 6.07) is 0.633. The number of rotatable bonds is 4. The maximum atomic E-state index is 9.33. The first-order chi connectivity index (χ1) is 6.24. The molecule has 1 rings (SSSR count). The van der Waals surface area contributed by atoms with Crippen LogP contribution in [0.2, 0.25) is 0 Å². The molecule has 0 bridgehead atoms. The first kappa shape index (κ1) is 11.0. The number of nitrogens with zero attached hydrogens (tertiary/aromatic N) is 1. The molecule has 1 aliphatic rings. The van der Waals surface area contributed by atoms with Gasteiger partial charge in [0.05, 0.1) is 6.10 Å². The van der Waals surface area contributed by atoms with Crippen molar-refractivity contribution in [2.45, 2.75) is 38.3 Å². The molecule has 78 valence electrons. The number of hydrogen-bond acceptors (Lipinski definition) is 3. The van der Waals surface area contributed by atoms with Crippen LogP contribution < -0.4 is 5.32 Å². The molecule has 1 heterocycles. The molecular formula is C10H22N2O. The summed E-state index contributed by atoms with van der Waals surface area (Å²) in [5, 5.41) is 12.5. The second-order valence-corrected chi connectivity index (χ2v) is 4.05. The van der Waals surface area contributed by atoms with Crippen LogP contribution in [0.1, 0.15) is 26.2 Å². The average molecular weight is 186 g/mol. The van der Waals surface area contributed by atoms with Crippen molar-refractivity contribution in [1.29, 1.82) is 0 Å². The number of aliphatic hydroxyl groups is 1. The molecule has 0 aromatic heterocycles. The molecular weight excluding hydrogens is 164 g/mol. The van der Waals surface area contributed by atoms with Gasteiger partial charge >= 0.3 is 0 Å². The van der Waals surface area contributed by atoms with Gasteiger partial charge in [0.2, 0.25) is 0 Å². The smallest absolute Gasteiger partial charge is 0.0639 e. The molecule has 1 saturated heterocycles. The monoisotopic (exact) mass is 186 g/mol. The Hall–Kier alpha value is -0.120. The Morgan fingerprint density at radius 3 is 2.92 bits per heavy atom. The minimum Gasteiger partial charge on any atom is -0.392 e. The number of likely N-dealkylation sites (tertiary alicyclic amines) is 1. The van der Waals surface area contributed by atoms with E-state index >= 15 is 0 Å². The number of likely N-dealkylation sites (N-methyl/N-ethyl adjacent to an activating group) is 1. The molecule has 1 unspecified atom stereocenters. The molecule has 3 heteroatoms. The molecule has 1 aliphatic heterocycles. The van der Waals surface area contributed by atoms with Crippen molar-refractivity contribution >= 4 is 0 Å². The molecule has 0 saturated carbocycles. The van der Waals surface area contributed by atoms with E-state index in [4.69, 9.17) is 0 Å². The van der Waals surface area contributed by atoms with E-state index in [0.717, 1.165) is 19.6 Å². The van der Waals surface area contributed by atoms with Crippen molar-refractivity contribution in [2.24, 2.45) is 0 Å². The van der Waals surface area contributed by atoms with Gasteiger partial charge in [-0.1, -0.05) is 6.42 Å². The van der Waals surface area contributed by atoms with Gasteiger partial charge in [-0.15, -0.1) is 0 Å². The highest BCUT2D eigenvalue weighted by Gasteiger charge is 2.22. The van der Waals surface area contributed by atoms with Crippen molar-refractivity contribution in [1.82, 2.24) is 10.2 Å². The third kappa shape index (κ3) is 3.63. The Balaban J connectivity index is 2.36. The van der Waals surface area contributed by atoms with E-state index in [2.05, 4.69) is 10.2 Å². The van der Waals surface area contributed by atoms with Crippen LogP contribution in [0.4, 0.5) is 0 Å². The van der Waals surface area contributed by atoms with E-state index in [0.29, 0.717) is 6.04 Å². The van der Waals surface area contributed by atoms with Crippen molar-refractivity contribution in [2.75, 3.05) is 26.7 Å². The Bertz CT molecular complexity index is 137. The van der Waals surface area contributed by atoms with Gasteiger partial charge in [0.25, 0.3) is 0 Å². The van der Waals surface area contributed by atoms with Crippen LogP contribution >= 0.6 is 0 Å². The molecule has 0 spiro atoms. The predicted molar refractivity (Wildman–Crippen MR) is 54.8 cm³/mol. The lowest BCUT2D eigenvalue weighted by molar-refractivity contribution is 0.0769. The number of piperidine rings is 1. The lowest BCUT2D eigenvalue weighted by Crippen LogP contribution is -2.47. The van der Waals surface area contributed by atoms with Crippen LogP contribution in [-0.4, -0.2) is 48.8 Å². The summed E-state index contributed by atoms with van der Waals surface area (Å²) in [4.78, 5) is 2.41. The van der Waals surface area contributed by atoms with Gasteiger partial charge < -0.3 is 10.4 Å². The Labute approximate surface area is 81.1 Å². The van der Waals surface area contributed by atoms with Crippen molar-refractivity contribution < 1.29 is 5.11 Å². The van der Waals surface area contributed by atoms with Gasteiger partial charge in [0.1, 0.15) is 0 Å². The van der Waals surface area contributed by atoms with E-state index in [1.807, 2.05) is 14.0 Å². The van der Waals surface area contributed by atoms with E-state index in [1.54, 1.807) is 0 Å². The van der Waals surface area contributed by atoms with E-state index in [9.17, 15) is 5.11 Å². The Kier molecular flexibility index (Phi) is 4.70. The third-order valence-corrected chi connectivity index (χ3v) is 2.69. The van der Waals surface area contributed by atoms with Gasteiger partial charge in [-0.25, -0.2) is 0 Å². The van der Waals surface area contributed by atoms with Crippen LogP contribution in [0, 0.1) is 0 Å². The molecule has 2 N–H and O–H groups in total. The summed E-state index contributed by atoms with van der Waals surface area (Å²) in [6.07, 6.45) is 3.70. The molecule has 3 nitrogen and oxygen atoms in total. The minimum atomic E-state index is -0.197. The standard InChI is InChI=1S/C10H22N2O/c1-9(13)8-12-6-4-3-5-10(12)7-11-2/h9-11,13H,3-8H2,1-2H3/t9-,10?/m1/s1. The zero-order valence-corrected chi connectivity index (χ0v) is 8.79. The molecule has 0 aromatic rings. The van der Waals surface area contributed by atoms with Crippen LogP contribution in [-0.2, 0) is 0 Å². The average Bonchev–Trinajstić information content (AvgIpc) is 2.08. The fourth-order valence-corrected chi connectivity index (χ4v) is 2.11. The number of β-amino-alcohol motifs (C(OH)–C–C–N with tert-alkyl or cyclic N) is 1. The first-order valence-electron chi connectivity index (χ1n) is 5.30. The number of nitrogens with one attached hydrogen (secondary N) is 1. The number of hydrogen-bond donors (Lipinski definition) is 2. The molecule has 1 fully saturated rings. The van der Waals surface area contributed by atoms with Gasteiger partial charge in [-0.3, -0.25) is 4.90 Å². The molecule has 2 atom stereocenters. The lowest BCUT2D eigenvalue weighted by Gasteiger charge is -2.36. The molecule has 0 aromatic carbocycles. The van der Waals surface area contributed by atoms with Crippen LogP contribution in [0.5, 0.6) is 0 Å². The Morgan fingerprint density at radius 1 is 1.54 bits per heavy atom. The van der Waals surface area contributed by atoms with E-state index in [1.165, 1.54) is 19.3 Å². The zero-order valence-electron chi connectivity index (χ0n) is 8.79. The van der Waals surface area contributed by atoms with Crippen LogP contribution in [0.15, 0.2) is 0 Å². The summed E-state index contributed by atoms with van der Waals surface area (Å²) >= 11 is 0. The van der Waals surface area contributed by atoms with E-state index in [-0.39, 0.29) is 6.10 Å². The summed E-state index contributed by atoms with van der Waals surface area (Å²) in [5.74, 6) is 0. The molecule has 13 heavy (non-hydrogen) atoms. The molecule has 0 amide bonds. The highest BCUT2D eigenvalue weighted by molar-refractivity contribution is 4.79. The van der Waals surface area contributed by atoms with Crippen molar-refractivity contribution in [3.63, 3.8) is 0 Å². The van der Waals surface area contributed by atoms with Gasteiger partial charge in [-0.05, 0) is 33.4 Å². The maximum absolute atomic E-state index is 9.33. The second kappa shape index (κ2) is 5.58. The lowest BCUT2D eigenvalue weighted by atomic mass is 10.0. The van der Waals surface area contributed by atoms with E-state index < -0.39 is 0 Å². The Morgan fingerprint density at radius 2 is 2.31 bits per heavy atom. The zero-order chi connectivity index (χ0) is 9.68. The maximum Gasteiger partial charge on any atom is 0.0639 e. The fourth-order valence-electron chi connectivity index (χ4n) is 2.11. The summed E-state index contributed by atoms with van der Waals surface area (Å²) in [6.45, 7) is 4.89. The highest BCUT2D eigenvalue weighted by Crippen LogP contribution is 2.16. The highest BCUT2D eigenvalue weighted by atomic mass is 16.3. The SMILES string of the molecule is CNCC1CCCCN1C[C@@H](C)O. The van der Waals surface area contributed by atoms with Crippen LogP contribution in [0.3, 0.4) is 0 Å². The van der Waals surface area contributed by atoms with Crippen LogP contribution in [0.25, 0.3) is 0 Å². The molecule has 0 aliphatic carbocycles. The quantitative estimate of drug-likeness (QED) is 0.669. The summed E-state index contributed by atoms with van der Waals surface area (Å²) < 4.78 is 0. The van der Waals surface area contributed by atoms with Gasteiger partial charge in [-0.2, -0.15) is 0 Å². The minimum absolute atomic E-state index is 0.197. The first-order valence-corrected chi connectivity index (χ1v) is 5.30. The number of aliphatic hydroxyl groups excluding tert-OH is 1. The summed E-state index contributed by atoms with van der Waals surface area (Å²) in [5.41, 5.74) is 0.